The Bertz CT molecular complexity index is 876. The molecule has 1 aliphatic heterocycles. The van der Waals surface area contributed by atoms with Crippen LogP contribution in [0.5, 0.6) is 0 Å². The average molecular weight is 365 g/mol. The molecule has 1 fully saturated rings. The second-order valence-corrected chi connectivity index (χ2v) is 7.89. The maximum absolute atomic E-state index is 13.8. The predicted octanol–water partition coefficient (Wildman–Crippen LogP) is 3.25. The molecule has 1 heterocycles. The Kier molecular flexibility index (Phi) is 4.96. The number of hydrogen-bond donors (Lipinski definition) is 0. The van der Waals surface area contributed by atoms with Gasteiger partial charge < -0.3 is 0 Å². The van der Waals surface area contributed by atoms with E-state index in [9.17, 15) is 22.0 Å². The third-order valence-corrected chi connectivity index (χ3v) is 6.31. The molecule has 0 saturated carbocycles. The highest BCUT2D eigenvalue weighted by atomic mass is 32.2. The van der Waals surface area contributed by atoms with E-state index in [1.54, 1.807) is 24.3 Å². The van der Waals surface area contributed by atoms with Gasteiger partial charge in [-0.2, -0.15) is 4.31 Å². The zero-order chi connectivity index (χ0) is 18.0. The highest BCUT2D eigenvalue weighted by molar-refractivity contribution is 7.89. The highest BCUT2D eigenvalue weighted by Gasteiger charge is 2.33. The van der Waals surface area contributed by atoms with E-state index in [0.717, 1.165) is 16.4 Å². The molecular weight excluding hydrogens is 348 g/mol. The number of hydrogen-bond acceptors (Lipinski definition) is 3. The van der Waals surface area contributed by atoms with E-state index in [1.165, 1.54) is 0 Å². The number of carbonyl (C=O) groups excluding carboxylic acids is 1. The summed E-state index contributed by atoms with van der Waals surface area (Å²) in [5, 5.41) is 0. The molecule has 0 amide bonds. The molecule has 0 aromatic heterocycles. The van der Waals surface area contributed by atoms with Crippen LogP contribution >= 0.6 is 0 Å². The Morgan fingerprint density at radius 2 is 1.64 bits per heavy atom. The van der Waals surface area contributed by atoms with Crippen LogP contribution in [0.1, 0.15) is 23.2 Å². The van der Waals surface area contributed by atoms with Gasteiger partial charge in [0.15, 0.2) is 5.78 Å². The van der Waals surface area contributed by atoms with Crippen molar-refractivity contribution in [1.29, 1.82) is 0 Å². The fraction of sp³-hybridized carbons (Fsp3) is 0.278. The topological polar surface area (TPSA) is 54.5 Å². The first kappa shape index (κ1) is 17.7. The smallest absolute Gasteiger partial charge is 0.246 e. The predicted molar refractivity (Wildman–Crippen MR) is 88.6 cm³/mol. The second-order valence-electron chi connectivity index (χ2n) is 5.98. The molecule has 7 heteroatoms. The summed E-state index contributed by atoms with van der Waals surface area (Å²) in [7, 11) is -4.12. The van der Waals surface area contributed by atoms with Gasteiger partial charge in [0.05, 0.1) is 0 Å². The molecule has 2 aromatic rings. The zero-order valence-corrected chi connectivity index (χ0v) is 14.2. The van der Waals surface area contributed by atoms with Crippen LogP contribution in [0.15, 0.2) is 53.4 Å². The molecule has 0 radical (unpaired) electrons. The van der Waals surface area contributed by atoms with Crippen LogP contribution in [0, 0.1) is 17.6 Å². The fourth-order valence-electron chi connectivity index (χ4n) is 3.01. The lowest BCUT2D eigenvalue weighted by atomic mass is 9.90. The summed E-state index contributed by atoms with van der Waals surface area (Å²) in [6.07, 6.45) is 0.702. The normalized spacial score (nSPS) is 16.7. The van der Waals surface area contributed by atoms with E-state index in [-0.39, 0.29) is 24.8 Å². The quantitative estimate of drug-likeness (QED) is 0.782. The van der Waals surface area contributed by atoms with E-state index in [1.807, 2.05) is 6.07 Å². The van der Waals surface area contributed by atoms with Crippen molar-refractivity contribution >= 4 is 15.8 Å². The summed E-state index contributed by atoms with van der Waals surface area (Å²) < 4.78 is 53.3. The summed E-state index contributed by atoms with van der Waals surface area (Å²) in [5.41, 5.74) is 0.597. The third kappa shape index (κ3) is 3.62. The molecular formula is C18H17F2NO3S. The van der Waals surface area contributed by atoms with Crippen LogP contribution in [0.4, 0.5) is 8.78 Å². The SMILES string of the molecule is O=C(c1ccccc1)C1CCN(S(=O)(=O)c2cc(F)ccc2F)CC1. The first-order chi connectivity index (χ1) is 11.9. The molecule has 0 atom stereocenters. The molecule has 0 bridgehead atoms. The number of carbonyl (C=O) groups is 1. The van der Waals surface area contributed by atoms with Gasteiger partial charge in [-0.1, -0.05) is 30.3 Å². The van der Waals surface area contributed by atoms with Crippen molar-refractivity contribution in [2.75, 3.05) is 13.1 Å². The lowest BCUT2D eigenvalue weighted by molar-refractivity contribution is 0.0875. The Labute approximate surface area is 145 Å². The molecule has 0 spiro atoms. The first-order valence-electron chi connectivity index (χ1n) is 7.94. The van der Waals surface area contributed by atoms with Crippen LogP contribution in [0.2, 0.25) is 0 Å². The minimum atomic E-state index is -4.12. The summed E-state index contributed by atoms with van der Waals surface area (Å²) in [5.74, 6) is -2.08. The Balaban J connectivity index is 1.73. The van der Waals surface area contributed by atoms with Crippen LogP contribution in [-0.2, 0) is 10.0 Å². The van der Waals surface area contributed by atoms with Crippen molar-refractivity contribution in [3.05, 3.63) is 65.7 Å². The monoisotopic (exact) mass is 365 g/mol. The van der Waals surface area contributed by atoms with Crippen molar-refractivity contribution in [1.82, 2.24) is 4.31 Å². The minimum absolute atomic E-state index is 0.0189. The van der Waals surface area contributed by atoms with Crippen molar-refractivity contribution in [3.63, 3.8) is 0 Å². The van der Waals surface area contributed by atoms with Gasteiger partial charge >= 0.3 is 0 Å². The minimum Gasteiger partial charge on any atom is -0.294 e. The summed E-state index contributed by atoms with van der Waals surface area (Å²) in [6, 6.07) is 11.2. The number of sulfonamides is 1. The Hall–Kier alpha value is -2.12. The highest BCUT2D eigenvalue weighted by Crippen LogP contribution is 2.27. The number of ketones is 1. The van der Waals surface area contributed by atoms with E-state index in [0.29, 0.717) is 24.5 Å². The lowest BCUT2D eigenvalue weighted by Crippen LogP contribution is -2.40. The van der Waals surface area contributed by atoms with E-state index < -0.39 is 26.6 Å². The van der Waals surface area contributed by atoms with Crippen molar-refractivity contribution in [2.45, 2.75) is 17.7 Å². The van der Waals surface area contributed by atoms with Crippen LogP contribution < -0.4 is 0 Å². The summed E-state index contributed by atoms with van der Waals surface area (Å²) in [6.45, 7) is 0.197. The molecule has 3 rings (SSSR count). The van der Waals surface area contributed by atoms with Gasteiger partial charge in [0.25, 0.3) is 0 Å². The second kappa shape index (κ2) is 7.01. The van der Waals surface area contributed by atoms with Gasteiger partial charge in [0.2, 0.25) is 10.0 Å². The first-order valence-corrected chi connectivity index (χ1v) is 9.38. The van der Waals surface area contributed by atoms with Crippen LogP contribution in [0.3, 0.4) is 0 Å². The molecule has 1 aliphatic rings. The Morgan fingerprint density at radius 3 is 2.28 bits per heavy atom. The zero-order valence-electron chi connectivity index (χ0n) is 13.4. The summed E-state index contributed by atoms with van der Waals surface area (Å²) in [4.78, 5) is 11.8. The van der Waals surface area contributed by atoms with Crippen molar-refractivity contribution in [2.24, 2.45) is 5.92 Å². The van der Waals surface area contributed by atoms with Gasteiger partial charge in [0.1, 0.15) is 16.5 Å². The van der Waals surface area contributed by atoms with Crippen LogP contribution in [-0.4, -0.2) is 31.6 Å². The average Bonchev–Trinajstić information content (AvgIpc) is 2.64. The molecule has 0 unspecified atom stereocenters. The Morgan fingerprint density at radius 1 is 1.00 bits per heavy atom. The lowest BCUT2D eigenvalue weighted by Gasteiger charge is -2.30. The van der Waals surface area contributed by atoms with Gasteiger partial charge in [0, 0.05) is 24.6 Å². The number of Topliss-reactive ketones (excluding diaryl/α,β-unsaturated/α-hetero) is 1. The maximum Gasteiger partial charge on any atom is 0.246 e. The van der Waals surface area contributed by atoms with E-state index in [2.05, 4.69) is 0 Å². The summed E-state index contributed by atoms with van der Waals surface area (Å²) >= 11 is 0. The molecule has 2 aromatic carbocycles. The van der Waals surface area contributed by atoms with Gasteiger partial charge in [-0.05, 0) is 31.0 Å². The van der Waals surface area contributed by atoms with E-state index in [4.69, 9.17) is 0 Å². The molecule has 4 nitrogen and oxygen atoms in total. The number of nitrogens with zero attached hydrogens (tertiary/aromatic N) is 1. The molecule has 0 N–H and O–H groups in total. The largest absolute Gasteiger partial charge is 0.294 e. The van der Waals surface area contributed by atoms with Crippen LogP contribution in [0.25, 0.3) is 0 Å². The van der Waals surface area contributed by atoms with Gasteiger partial charge in [-0.25, -0.2) is 17.2 Å². The maximum atomic E-state index is 13.8. The van der Waals surface area contributed by atoms with E-state index >= 15 is 0 Å². The molecule has 0 aliphatic carbocycles. The third-order valence-electron chi connectivity index (χ3n) is 4.39. The molecule has 1 saturated heterocycles. The number of benzene rings is 2. The standard InChI is InChI=1S/C18H17F2NO3S/c19-15-6-7-16(20)17(12-15)25(23,24)21-10-8-14(9-11-21)18(22)13-4-2-1-3-5-13/h1-7,12,14H,8-11H2. The number of halogens is 2. The van der Waals surface area contributed by atoms with Crippen molar-refractivity contribution in [3.8, 4) is 0 Å². The molecule has 132 valence electrons. The fourth-order valence-corrected chi connectivity index (χ4v) is 4.56. The number of piperidine rings is 1. The van der Waals surface area contributed by atoms with Crippen molar-refractivity contribution < 1.29 is 22.0 Å². The molecule has 25 heavy (non-hydrogen) atoms. The van der Waals surface area contributed by atoms with Gasteiger partial charge in [-0.15, -0.1) is 0 Å². The van der Waals surface area contributed by atoms with Gasteiger partial charge in [-0.3, -0.25) is 4.79 Å². The number of rotatable bonds is 4.